The van der Waals surface area contributed by atoms with E-state index in [1.54, 1.807) is 12.1 Å². The van der Waals surface area contributed by atoms with E-state index in [9.17, 15) is 4.79 Å². The molecular formula is C25H24N2O3. The Bertz CT molecular complexity index is 978. The summed E-state index contributed by atoms with van der Waals surface area (Å²) in [5.74, 6) is 1.16. The average Bonchev–Trinajstić information content (AvgIpc) is 2.79. The van der Waals surface area contributed by atoms with Crippen LogP contribution in [0.5, 0.6) is 11.5 Å². The summed E-state index contributed by atoms with van der Waals surface area (Å²) in [5, 5.41) is 11.8. The fourth-order valence-electron chi connectivity index (χ4n) is 3.07. The number of hydrogen-bond donors (Lipinski definition) is 1. The molecule has 1 amide bonds. The molecule has 1 unspecified atom stereocenters. The van der Waals surface area contributed by atoms with Crippen molar-refractivity contribution in [2.45, 2.75) is 19.4 Å². The molecule has 0 saturated heterocycles. The maximum Gasteiger partial charge on any atom is 0.258 e. The van der Waals surface area contributed by atoms with Crippen LogP contribution in [0.1, 0.15) is 29.7 Å². The first-order valence-electron chi connectivity index (χ1n) is 9.85. The Hall–Kier alpha value is -3.78. The highest BCUT2D eigenvalue weighted by Gasteiger charge is 2.17. The van der Waals surface area contributed by atoms with Crippen LogP contribution in [-0.2, 0) is 11.2 Å². The molecule has 0 heterocycles. The highest BCUT2D eigenvalue weighted by atomic mass is 16.5. The number of carbonyl (C=O) groups excluding carboxylic acids is 1. The van der Waals surface area contributed by atoms with Crippen molar-refractivity contribution in [3.05, 3.63) is 95.6 Å². The molecule has 0 fully saturated rings. The maximum atomic E-state index is 12.6. The van der Waals surface area contributed by atoms with Crippen LogP contribution in [0.2, 0.25) is 0 Å². The Morgan fingerprint density at radius 2 is 1.50 bits per heavy atom. The normalized spacial score (nSPS) is 11.2. The molecule has 0 spiro atoms. The zero-order valence-corrected chi connectivity index (χ0v) is 16.9. The van der Waals surface area contributed by atoms with E-state index in [2.05, 4.69) is 11.4 Å². The summed E-state index contributed by atoms with van der Waals surface area (Å²) in [7, 11) is 0. The van der Waals surface area contributed by atoms with Gasteiger partial charge in [0.25, 0.3) is 5.91 Å². The molecule has 1 atom stereocenters. The fourth-order valence-corrected chi connectivity index (χ4v) is 3.07. The molecule has 0 aliphatic heterocycles. The highest BCUT2D eigenvalue weighted by Crippen LogP contribution is 2.24. The van der Waals surface area contributed by atoms with Crippen LogP contribution in [0.25, 0.3) is 0 Å². The molecule has 0 aromatic heterocycles. The molecule has 0 aliphatic carbocycles. The number of nitriles is 1. The van der Waals surface area contributed by atoms with Gasteiger partial charge in [-0.1, -0.05) is 54.6 Å². The monoisotopic (exact) mass is 400 g/mol. The molecule has 0 bridgehead atoms. The molecular weight excluding hydrogens is 376 g/mol. The van der Waals surface area contributed by atoms with Crippen molar-refractivity contribution in [1.82, 2.24) is 5.32 Å². The lowest BCUT2D eigenvalue weighted by atomic mass is 9.98. The van der Waals surface area contributed by atoms with Crippen LogP contribution in [0.15, 0.2) is 78.9 Å². The van der Waals surface area contributed by atoms with Crippen molar-refractivity contribution in [3.63, 3.8) is 0 Å². The molecule has 0 saturated carbocycles. The van der Waals surface area contributed by atoms with E-state index < -0.39 is 0 Å². The number of carbonyl (C=O) groups is 1. The van der Waals surface area contributed by atoms with E-state index in [0.717, 1.165) is 22.4 Å². The average molecular weight is 400 g/mol. The van der Waals surface area contributed by atoms with Crippen LogP contribution in [0.4, 0.5) is 0 Å². The Morgan fingerprint density at radius 3 is 2.13 bits per heavy atom. The Balaban J connectivity index is 1.68. The van der Waals surface area contributed by atoms with Gasteiger partial charge >= 0.3 is 0 Å². The molecule has 5 nitrogen and oxygen atoms in total. The second kappa shape index (κ2) is 10.7. The van der Waals surface area contributed by atoms with Crippen LogP contribution in [0.3, 0.4) is 0 Å². The fraction of sp³-hybridized carbons (Fsp3) is 0.200. The predicted octanol–water partition coefficient (Wildman–Crippen LogP) is 4.44. The lowest BCUT2D eigenvalue weighted by Crippen LogP contribution is -2.33. The van der Waals surface area contributed by atoms with Crippen LogP contribution in [-0.4, -0.2) is 19.1 Å². The van der Waals surface area contributed by atoms with Gasteiger partial charge in [-0.25, -0.2) is 0 Å². The minimum Gasteiger partial charge on any atom is -0.494 e. The number of rotatable bonds is 9. The first kappa shape index (κ1) is 20.9. The first-order chi connectivity index (χ1) is 14.7. The highest BCUT2D eigenvalue weighted by molar-refractivity contribution is 5.78. The lowest BCUT2D eigenvalue weighted by Gasteiger charge is -2.20. The van der Waals surface area contributed by atoms with E-state index in [0.29, 0.717) is 18.8 Å². The third kappa shape index (κ3) is 5.86. The zero-order chi connectivity index (χ0) is 21.2. The summed E-state index contributed by atoms with van der Waals surface area (Å²) >= 11 is 0. The first-order valence-corrected chi connectivity index (χ1v) is 9.85. The van der Waals surface area contributed by atoms with Gasteiger partial charge in [0.15, 0.2) is 6.61 Å². The van der Waals surface area contributed by atoms with Gasteiger partial charge in [0.05, 0.1) is 25.1 Å². The van der Waals surface area contributed by atoms with Crippen molar-refractivity contribution in [2.75, 3.05) is 13.2 Å². The standard InChI is InChI=1S/C25H24N2O3/c1-2-29-22-14-10-21(11-15-22)25(20-6-4-3-5-7-20)27-24(28)18-30-23-12-8-19(9-13-23)16-17-26/h3-15,25H,2,16,18H2,1H3,(H,27,28). The summed E-state index contributed by atoms with van der Waals surface area (Å²) in [6.07, 6.45) is 0.349. The molecule has 152 valence electrons. The van der Waals surface area contributed by atoms with E-state index in [4.69, 9.17) is 14.7 Å². The number of hydrogen-bond acceptors (Lipinski definition) is 4. The molecule has 5 heteroatoms. The number of nitrogens with one attached hydrogen (secondary N) is 1. The number of amides is 1. The largest absolute Gasteiger partial charge is 0.494 e. The van der Waals surface area contributed by atoms with Crippen molar-refractivity contribution in [2.24, 2.45) is 0 Å². The van der Waals surface area contributed by atoms with Crippen molar-refractivity contribution < 1.29 is 14.3 Å². The zero-order valence-electron chi connectivity index (χ0n) is 16.9. The van der Waals surface area contributed by atoms with Crippen molar-refractivity contribution in [1.29, 1.82) is 5.26 Å². The summed E-state index contributed by atoms with van der Waals surface area (Å²) in [4.78, 5) is 12.6. The van der Waals surface area contributed by atoms with Gasteiger partial charge in [0.2, 0.25) is 0 Å². The van der Waals surface area contributed by atoms with Gasteiger partial charge in [-0.05, 0) is 47.9 Å². The Morgan fingerprint density at radius 1 is 0.900 bits per heavy atom. The van der Waals surface area contributed by atoms with Crippen molar-refractivity contribution in [3.8, 4) is 17.6 Å². The van der Waals surface area contributed by atoms with Crippen molar-refractivity contribution >= 4 is 5.91 Å². The SMILES string of the molecule is CCOc1ccc(C(NC(=O)COc2ccc(CC#N)cc2)c2ccccc2)cc1. The quantitative estimate of drug-likeness (QED) is 0.577. The second-order valence-corrected chi connectivity index (χ2v) is 6.68. The summed E-state index contributed by atoms with van der Waals surface area (Å²) in [6, 6.07) is 26.5. The molecule has 3 aromatic carbocycles. The van der Waals surface area contributed by atoms with E-state index >= 15 is 0 Å². The van der Waals surface area contributed by atoms with Gasteiger partial charge in [-0.3, -0.25) is 4.79 Å². The van der Waals surface area contributed by atoms with E-state index in [1.165, 1.54) is 0 Å². The molecule has 0 aliphatic rings. The van der Waals surface area contributed by atoms with E-state index in [1.807, 2.05) is 73.7 Å². The summed E-state index contributed by atoms with van der Waals surface area (Å²) in [6.45, 7) is 2.45. The number of ether oxygens (including phenoxy) is 2. The third-order valence-corrected chi connectivity index (χ3v) is 4.54. The third-order valence-electron chi connectivity index (χ3n) is 4.54. The lowest BCUT2D eigenvalue weighted by molar-refractivity contribution is -0.123. The molecule has 3 rings (SSSR count). The smallest absolute Gasteiger partial charge is 0.258 e. The van der Waals surface area contributed by atoms with Gasteiger partial charge in [-0.15, -0.1) is 0 Å². The van der Waals surface area contributed by atoms with Gasteiger partial charge in [-0.2, -0.15) is 5.26 Å². The number of benzene rings is 3. The molecule has 0 radical (unpaired) electrons. The topological polar surface area (TPSA) is 71.3 Å². The van der Waals surface area contributed by atoms with Gasteiger partial charge < -0.3 is 14.8 Å². The minimum atomic E-state index is -0.295. The predicted molar refractivity (Wildman–Crippen MR) is 115 cm³/mol. The Kier molecular flexibility index (Phi) is 7.45. The van der Waals surface area contributed by atoms with E-state index in [-0.39, 0.29) is 18.6 Å². The Labute approximate surface area is 176 Å². The van der Waals surface area contributed by atoms with Crippen LogP contribution < -0.4 is 14.8 Å². The minimum absolute atomic E-state index is 0.0992. The van der Waals surface area contributed by atoms with Gasteiger partial charge in [0.1, 0.15) is 11.5 Å². The van der Waals surface area contributed by atoms with Crippen LogP contribution in [0, 0.1) is 11.3 Å². The summed E-state index contributed by atoms with van der Waals surface area (Å²) < 4.78 is 11.1. The maximum absolute atomic E-state index is 12.6. The molecule has 3 aromatic rings. The van der Waals surface area contributed by atoms with Gasteiger partial charge in [0, 0.05) is 0 Å². The molecule has 1 N–H and O–H groups in total. The molecule has 30 heavy (non-hydrogen) atoms. The van der Waals surface area contributed by atoms with Crippen LogP contribution >= 0.6 is 0 Å². The summed E-state index contributed by atoms with van der Waals surface area (Å²) in [5.41, 5.74) is 2.85. The second-order valence-electron chi connectivity index (χ2n) is 6.68. The number of nitrogens with zero attached hydrogens (tertiary/aromatic N) is 1.